The van der Waals surface area contributed by atoms with Gasteiger partial charge in [-0.15, -0.1) is 0 Å². The second-order valence-electron chi connectivity index (χ2n) is 2.65. The van der Waals surface area contributed by atoms with Gasteiger partial charge in [-0.1, -0.05) is 0 Å². The predicted molar refractivity (Wildman–Crippen MR) is 37.6 cm³/mol. The van der Waals surface area contributed by atoms with E-state index in [0.717, 1.165) is 25.7 Å². The molecule has 3 heteroatoms. The van der Waals surface area contributed by atoms with Crippen molar-refractivity contribution in [1.82, 2.24) is 5.32 Å². The molecule has 1 amide bonds. The molecule has 1 aliphatic carbocycles. The fraction of sp³-hybridized carbons (Fsp3) is 0.857. The number of carbonyl (C=O) groups excluding carboxylic acids is 1. The van der Waals surface area contributed by atoms with Gasteiger partial charge in [0.05, 0.1) is 6.10 Å². The van der Waals surface area contributed by atoms with E-state index in [-0.39, 0.29) is 0 Å². The van der Waals surface area contributed by atoms with Gasteiger partial charge in [0, 0.05) is 13.2 Å². The number of hydrogen-bond donors (Lipinski definition) is 1. The molecule has 0 radical (unpaired) electrons. The minimum absolute atomic E-state index is 0.349. The molecule has 1 saturated carbocycles. The molecule has 0 aromatic rings. The van der Waals surface area contributed by atoms with Gasteiger partial charge in [0.15, 0.2) is 0 Å². The topological polar surface area (TPSA) is 38.3 Å². The standard InChI is InChI=1S/C7H13NO2/c1-10-7-3-2-6(4-7)8-5-9/h5-7H,2-4H2,1H3,(H,8,9). The molecular weight excluding hydrogens is 130 g/mol. The lowest BCUT2D eigenvalue weighted by Gasteiger charge is -2.07. The Balaban J connectivity index is 2.21. The molecule has 0 aliphatic heterocycles. The molecule has 0 aromatic carbocycles. The summed E-state index contributed by atoms with van der Waals surface area (Å²) < 4.78 is 5.13. The average Bonchev–Trinajstić information content (AvgIpc) is 2.37. The highest BCUT2D eigenvalue weighted by molar-refractivity contribution is 5.46. The van der Waals surface area contributed by atoms with Gasteiger partial charge in [-0.2, -0.15) is 0 Å². The zero-order valence-electron chi connectivity index (χ0n) is 6.17. The smallest absolute Gasteiger partial charge is 0.207 e. The number of ether oxygens (including phenoxy) is 1. The SMILES string of the molecule is COC1CCC(NC=O)C1. The van der Waals surface area contributed by atoms with E-state index < -0.39 is 0 Å². The Labute approximate surface area is 60.7 Å². The van der Waals surface area contributed by atoms with Crippen LogP contribution in [0.15, 0.2) is 0 Å². The molecule has 3 nitrogen and oxygen atoms in total. The summed E-state index contributed by atoms with van der Waals surface area (Å²) in [4.78, 5) is 10.0. The highest BCUT2D eigenvalue weighted by Gasteiger charge is 2.23. The Morgan fingerprint density at radius 2 is 2.40 bits per heavy atom. The first-order valence-electron chi connectivity index (χ1n) is 3.59. The van der Waals surface area contributed by atoms with E-state index >= 15 is 0 Å². The molecular formula is C7H13NO2. The first-order valence-corrected chi connectivity index (χ1v) is 3.59. The monoisotopic (exact) mass is 143 g/mol. The van der Waals surface area contributed by atoms with E-state index in [1.807, 2.05) is 0 Å². The van der Waals surface area contributed by atoms with Crippen LogP contribution in [0, 0.1) is 0 Å². The molecule has 0 bridgehead atoms. The molecule has 2 atom stereocenters. The maximum atomic E-state index is 10.0. The van der Waals surface area contributed by atoms with Gasteiger partial charge in [-0.25, -0.2) is 0 Å². The summed E-state index contributed by atoms with van der Waals surface area (Å²) >= 11 is 0. The van der Waals surface area contributed by atoms with Crippen LogP contribution in [0.5, 0.6) is 0 Å². The Bertz CT molecular complexity index is 116. The molecule has 2 unspecified atom stereocenters. The maximum absolute atomic E-state index is 10.0. The zero-order chi connectivity index (χ0) is 7.40. The Morgan fingerprint density at radius 1 is 1.60 bits per heavy atom. The number of amides is 1. The molecule has 1 aliphatic rings. The molecule has 1 rings (SSSR count). The molecule has 10 heavy (non-hydrogen) atoms. The third kappa shape index (κ3) is 1.70. The van der Waals surface area contributed by atoms with Crippen molar-refractivity contribution in [3.05, 3.63) is 0 Å². The summed E-state index contributed by atoms with van der Waals surface area (Å²) in [5.41, 5.74) is 0. The summed E-state index contributed by atoms with van der Waals surface area (Å²) in [6, 6.07) is 0.349. The molecule has 58 valence electrons. The molecule has 0 saturated heterocycles. The lowest BCUT2D eigenvalue weighted by Crippen LogP contribution is -2.25. The minimum Gasteiger partial charge on any atom is -0.381 e. The minimum atomic E-state index is 0.349. The number of rotatable bonds is 3. The lowest BCUT2D eigenvalue weighted by atomic mass is 10.2. The van der Waals surface area contributed by atoms with Crippen LogP contribution in [0.25, 0.3) is 0 Å². The van der Waals surface area contributed by atoms with Crippen molar-refractivity contribution in [2.75, 3.05) is 7.11 Å². The predicted octanol–water partition coefficient (Wildman–Crippen LogP) is 0.300. The van der Waals surface area contributed by atoms with E-state index in [1.54, 1.807) is 7.11 Å². The van der Waals surface area contributed by atoms with Crippen LogP contribution >= 0.6 is 0 Å². The van der Waals surface area contributed by atoms with Gasteiger partial charge >= 0.3 is 0 Å². The van der Waals surface area contributed by atoms with Gasteiger partial charge in [-0.3, -0.25) is 4.79 Å². The van der Waals surface area contributed by atoms with Crippen molar-refractivity contribution in [3.8, 4) is 0 Å². The molecule has 1 fully saturated rings. The second-order valence-corrected chi connectivity index (χ2v) is 2.65. The zero-order valence-corrected chi connectivity index (χ0v) is 6.17. The van der Waals surface area contributed by atoms with Crippen LogP contribution in [0.1, 0.15) is 19.3 Å². The third-order valence-electron chi connectivity index (χ3n) is 2.02. The second kappa shape index (κ2) is 3.56. The van der Waals surface area contributed by atoms with Gasteiger partial charge in [0.1, 0.15) is 0 Å². The van der Waals surface area contributed by atoms with Crippen LogP contribution in [0.4, 0.5) is 0 Å². The molecule has 0 spiro atoms. The van der Waals surface area contributed by atoms with E-state index in [0.29, 0.717) is 12.1 Å². The van der Waals surface area contributed by atoms with Crippen molar-refractivity contribution in [3.63, 3.8) is 0 Å². The Hall–Kier alpha value is -0.570. The largest absolute Gasteiger partial charge is 0.381 e. The first kappa shape index (κ1) is 7.54. The van der Waals surface area contributed by atoms with Gasteiger partial charge in [-0.05, 0) is 19.3 Å². The van der Waals surface area contributed by atoms with E-state index in [1.165, 1.54) is 0 Å². The van der Waals surface area contributed by atoms with Crippen LogP contribution in [0.3, 0.4) is 0 Å². The highest BCUT2D eigenvalue weighted by atomic mass is 16.5. The van der Waals surface area contributed by atoms with Crippen LogP contribution < -0.4 is 5.32 Å². The fourth-order valence-corrected chi connectivity index (χ4v) is 1.40. The van der Waals surface area contributed by atoms with Crippen molar-refractivity contribution in [1.29, 1.82) is 0 Å². The van der Waals surface area contributed by atoms with Crippen LogP contribution in [-0.2, 0) is 9.53 Å². The van der Waals surface area contributed by atoms with Crippen molar-refractivity contribution < 1.29 is 9.53 Å². The van der Waals surface area contributed by atoms with E-state index in [9.17, 15) is 4.79 Å². The summed E-state index contributed by atoms with van der Waals surface area (Å²) in [7, 11) is 1.72. The van der Waals surface area contributed by atoms with Crippen molar-refractivity contribution >= 4 is 6.41 Å². The van der Waals surface area contributed by atoms with Gasteiger partial charge in [0.2, 0.25) is 6.41 Å². The quantitative estimate of drug-likeness (QED) is 0.577. The maximum Gasteiger partial charge on any atom is 0.207 e. The summed E-state index contributed by atoms with van der Waals surface area (Å²) in [5.74, 6) is 0. The summed E-state index contributed by atoms with van der Waals surface area (Å²) in [5, 5.41) is 2.75. The lowest BCUT2D eigenvalue weighted by molar-refractivity contribution is -0.110. The van der Waals surface area contributed by atoms with Crippen LogP contribution in [0.2, 0.25) is 0 Å². The van der Waals surface area contributed by atoms with Crippen LogP contribution in [-0.4, -0.2) is 25.7 Å². The summed E-state index contributed by atoms with van der Waals surface area (Å²) in [6.07, 6.45) is 4.22. The fourth-order valence-electron chi connectivity index (χ4n) is 1.40. The Kier molecular flexibility index (Phi) is 2.68. The summed E-state index contributed by atoms with van der Waals surface area (Å²) in [6.45, 7) is 0. The first-order chi connectivity index (χ1) is 4.86. The Morgan fingerprint density at radius 3 is 2.90 bits per heavy atom. The molecule has 0 aromatic heterocycles. The highest BCUT2D eigenvalue weighted by Crippen LogP contribution is 2.20. The normalized spacial score (nSPS) is 32.1. The third-order valence-corrected chi connectivity index (χ3v) is 2.02. The average molecular weight is 143 g/mol. The van der Waals surface area contributed by atoms with Gasteiger partial charge < -0.3 is 10.1 Å². The van der Waals surface area contributed by atoms with E-state index in [4.69, 9.17) is 4.74 Å². The number of nitrogens with one attached hydrogen (secondary N) is 1. The number of carbonyl (C=O) groups is 1. The van der Waals surface area contributed by atoms with Crippen molar-refractivity contribution in [2.45, 2.75) is 31.4 Å². The molecule has 1 N–H and O–H groups in total. The van der Waals surface area contributed by atoms with Gasteiger partial charge in [0.25, 0.3) is 0 Å². The number of hydrogen-bond acceptors (Lipinski definition) is 2. The number of methoxy groups -OCH3 is 1. The molecule has 0 heterocycles. The van der Waals surface area contributed by atoms with Crippen molar-refractivity contribution in [2.24, 2.45) is 0 Å². The van der Waals surface area contributed by atoms with E-state index in [2.05, 4.69) is 5.32 Å².